The summed E-state index contributed by atoms with van der Waals surface area (Å²) >= 11 is 0. The van der Waals surface area contributed by atoms with Crippen LogP contribution in [0.15, 0.2) is 24.3 Å². The van der Waals surface area contributed by atoms with Gasteiger partial charge in [0.2, 0.25) is 0 Å². The lowest BCUT2D eigenvalue weighted by molar-refractivity contribution is -0.150. The van der Waals surface area contributed by atoms with E-state index in [0.29, 0.717) is 85.9 Å². The van der Waals surface area contributed by atoms with Gasteiger partial charge in [-0.3, -0.25) is 4.79 Å². The maximum Gasteiger partial charge on any atom is 0.308 e. The second-order valence-electron chi connectivity index (χ2n) is 11.1. The van der Waals surface area contributed by atoms with Gasteiger partial charge in [-0.1, -0.05) is 77.8 Å². The van der Waals surface area contributed by atoms with Crippen molar-refractivity contribution in [3.05, 3.63) is 29.8 Å². The highest BCUT2D eigenvalue weighted by Crippen LogP contribution is 2.16. The molecule has 0 heterocycles. The molecule has 0 radical (unpaired) electrons. The third-order valence-corrected chi connectivity index (χ3v) is 7.30. The number of rotatable bonds is 34. The standard InChI is InChI=1S/C36H64O9/c1-4-7-9-10-11-12-13-33-15-17-35(18-16-33)44-31-29-42-27-25-40-23-21-38-19-20-39-22-24-41-26-28-43-30-32-45-36(37)34(6-3)14-8-5-2/h15-18,34H,4-14,19-32H2,1-3H3. The molecule has 0 amide bonds. The smallest absolute Gasteiger partial charge is 0.308 e. The molecule has 1 rings (SSSR count). The van der Waals surface area contributed by atoms with Crippen molar-refractivity contribution in [2.24, 2.45) is 5.92 Å². The van der Waals surface area contributed by atoms with Crippen LogP contribution in [0.2, 0.25) is 0 Å². The number of carbonyl (C=O) groups excluding carboxylic acids is 1. The Kier molecular flexibility index (Phi) is 29.5. The molecule has 1 atom stereocenters. The second-order valence-corrected chi connectivity index (χ2v) is 11.1. The van der Waals surface area contributed by atoms with Crippen molar-refractivity contribution < 1.29 is 42.7 Å². The van der Waals surface area contributed by atoms with E-state index < -0.39 is 0 Å². The van der Waals surface area contributed by atoms with E-state index in [9.17, 15) is 4.79 Å². The summed E-state index contributed by atoms with van der Waals surface area (Å²) < 4.78 is 44.1. The number of carbonyl (C=O) groups is 1. The minimum absolute atomic E-state index is 0.00249. The van der Waals surface area contributed by atoms with Gasteiger partial charge in [0.15, 0.2) is 0 Å². The highest BCUT2D eigenvalue weighted by atomic mass is 16.6. The Hall–Kier alpha value is -1.75. The van der Waals surface area contributed by atoms with Crippen LogP contribution < -0.4 is 4.74 Å². The fourth-order valence-corrected chi connectivity index (χ4v) is 4.54. The first-order chi connectivity index (χ1) is 22.2. The van der Waals surface area contributed by atoms with Crippen LogP contribution in [0, 0.1) is 5.92 Å². The van der Waals surface area contributed by atoms with Gasteiger partial charge in [-0.2, -0.15) is 0 Å². The quantitative estimate of drug-likeness (QED) is 0.0594. The molecule has 0 N–H and O–H groups in total. The molecule has 1 aromatic rings. The Bertz CT molecular complexity index is 759. The predicted molar refractivity (Wildman–Crippen MR) is 178 cm³/mol. The van der Waals surface area contributed by atoms with Gasteiger partial charge >= 0.3 is 5.97 Å². The van der Waals surface area contributed by atoms with Gasteiger partial charge in [-0.05, 0) is 43.4 Å². The van der Waals surface area contributed by atoms with Crippen LogP contribution in [-0.4, -0.2) is 98.5 Å². The molecule has 0 aliphatic carbocycles. The second kappa shape index (κ2) is 32.2. The normalized spacial score (nSPS) is 12.0. The fourth-order valence-electron chi connectivity index (χ4n) is 4.54. The maximum absolute atomic E-state index is 12.0. The predicted octanol–water partition coefficient (Wildman–Crippen LogP) is 6.83. The largest absolute Gasteiger partial charge is 0.491 e. The van der Waals surface area contributed by atoms with E-state index in [1.807, 2.05) is 19.1 Å². The first-order valence-electron chi connectivity index (χ1n) is 17.6. The molecule has 9 nitrogen and oxygen atoms in total. The Balaban J connectivity index is 1.77. The van der Waals surface area contributed by atoms with Crippen LogP contribution in [0.1, 0.15) is 90.5 Å². The molecule has 0 saturated carbocycles. The summed E-state index contributed by atoms with van der Waals surface area (Å²) in [7, 11) is 0. The number of aryl methyl sites for hydroxylation is 1. The van der Waals surface area contributed by atoms with E-state index in [1.165, 1.54) is 44.1 Å². The molecular weight excluding hydrogens is 576 g/mol. The zero-order valence-corrected chi connectivity index (χ0v) is 28.7. The van der Waals surface area contributed by atoms with Crippen molar-refractivity contribution in [3.63, 3.8) is 0 Å². The summed E-state index contributed by atoms with van der Waals surface area (Å²) in [6, 6.07) is 8.43. The van der Waals surface area contributed by atoms with Crippen LogP contribution in [-0.2, 0) is 44.4 Å². The summed E-state index contributed by atoms with van der Waals surface area (Å²) in [5, 5.41) is 0. The highest BCUT2D eigenvalue weighted by Gasteiger charge is 2.16. The zero-order chi connectivity index (χ0) is 32.5. The lowest BCUT2D eigenvalue weighted by Crippen LogP contribution is -2.20. The Morgan fingerprint density at radius 3 is 1.47 bits per heavy atom. The van der Waals surface area contributed by atoms with Crippen molar-refractivity contribution in [2.45, 2.75) is 91.4 Å². The van der Waals surface area contributed by atoms with Crippen molar-refractivity contribution in [3.8, 4) is 5.75 Å². The van der Waals surface area contributed by atoms with Crippen molar-refractivity contribution in [2.75, 3.05) is 92.5 Å². The summed E-state index contributed by atoms with van der Waals surface area (Å²) in [6.45, 7) is 13.2. The summed E-state index contributed by atoms with van der Waals surface area (Å²) in [5.74, 6) is 0.774. The lowest BCUT2D eigenvalue weighted by atomic mass is 10.00. The van der Waals surface area contributed by atoms with Crippen molar-refractivity contribution in [1.82, 2.24) is 0 Å². The van der Waals surface area contributed by atoms with Crippen LogP contribution in [0.3, 0.4) is 0 Å². The molecule has 1 aromatic carbocycles. The van der Waals surface area contributed by atoms with E-state index in [1.54, 1.807) is 0 Å². The molecule has 1 unspecified atom stereocenters. The molecule has 9 heteroatoms. The number of ether oxygens (including phenoxy) is 8. The van der Waals surface area contributed by atoms with Crippen molar-refractivity contribution in [1.29, 1.82) is 0 Å². The van der Waals surface area contributed by atoms with Crippen LogP contribution in [0.25, 0.3) is 0 Å². The molecule has 0 aliphatic rings. The molecule has 0 bridgehead atoms. The average molecular weight is 641 g/mol. The molecule has 0 spiro atoms. The van der Waals surface area contributed by atoms with E-state index >= 15 is 0 Å². The summed E-state index contributed by atoms with van der Waals surface area (Å²) in [5.41, 5.74) is 1.38. The lowest BCUT2D eigenvalue weighted by Gasteiger charge is -2.13. The molecule has 0 saturated heterocycles. The fraction of sp³-hybridized carbons (Fsp3) is 0.806. The van der Waals surface area contributed by atoms with Gasteiger partial charge < -0.3 is 37.9 Å². The van der Waals surface area contributed by atoms with E-state index in [2.05, 4.69) is 26.0 Å². The Morgan fingerprint density at radius 2 is 0.978 bits per heavy atom. The minimum Gasteiger partial charge on any atom is -0.491 e. The SMILES string of the molecule is CCCCCCCCc1ccc(OCCOCCOCCOCCOCCOCCOCCOC(=O)C(CC)CCCC)cc1. The van der Waals surface area contributed by atoms with Gasteiger partial charge in [0.05, 0.1) is 85.2 Å². The van der Waals surface area contributed by atoms with Crippen molar-refractivity contribution >= 4 is 5.97 Å². The van der Waals surface area contributed by atoms with Crippen LogP contribution in [0.4, 0.5) is 0 Å². The van der Waals surface area contributed by atoms with E-state index in [-0.39, 0.29) is 18.5 Å². The van der Waals surface area contributed by atoms with Gasteiger partial charge in [-0.15, -0.1) is 0 Å². The van der Waals surface area contributed by atoms with Gasteiger partial charge in [0.25, 0.3) is 0 Å². The third kappa shape index (κ3) is 26.1. The molecule has 0 aliphatic heterocycles. The molecule has 0 fully saturated rings. The Labute approximate surface area is 273 Å². The third-order valence-electron chi connectivity index (χ3n) is 7.30. The van der Waals surface area contributed by atoms with Gasteiger partial charge in [-0.25, -0.2) is 0 Å². The maximum atomic E-state index is 12.0. The summed E-state index contributed by atoms with van der Waals surface area (Å²) in [4.78, 5) is 12.0. The molecule has 0 aromatic heterocycles. The topological polar surface area (TPSA) is 90.9 Å². The van der Waals surface area contributed by atoms with E-state index in [0.717, 1.165) is 37.9 Å². The highest BCUT2D eigenvalue weighted by molar-refractivity contribution is 5.72. The molecule has 262 valence electrons. The number of benzene rings is 1. The minimum atomic E-state index is -0.114. The summed E-state index contributed by atoms with van der Waals surface area (Å²) in [6.07, 6.45) is 12.9. The molecule has 45 heavy (non-hydrogen) atoms. The monoisotopic (exact) mass is 640 g/mol. The number of hydrogen-bond donors (Lipinski definition) is 0. The van der Waals surface area contributed by atoms with Gasteiger partial charge in [0.1, 0.15) is 19.0 Å². The first-order valence-corrected chi connectivity index (χ1v) is 17.6. The Morgan fingerprint density at radius 1 is 0.533 bits per heavy atom. The number of esters is 1. The van der Waals surface area contributed by atoms with E-state index in [4.69, 9.17) is 37.9 Å². The number of hydrogen-bond acceptors (Lipinski definition) is 9. The average Bonchev–Trinajstić information content (AvgIpc) is 3.06. The van der Waals surface area contributed by atoms with Crippen LogP contribution >= 0.6 is 0 Å². The number of unbranched alkanes of at least 4 members (excludes halogenated alkanes) is 6. The van der Waals surface area contributed by atoms with Crippen LogP contribution in [0.5, 0.6) is 5.75 Å². The zero-order valence-electron chi connectivity index (χ0n) is 28.7. The molecular formula is C36H64O9. The first kappa shape index (κ1) is 41.3. The van der Waals surface area contributed by atoms with Gasteiger partial charge in [0, 0.05) is 0 Å².